The minimum Gasteiger partial charge on any atom is -0.376 e. The topological polar surface area (TPSA) is 26.3 Å². The number of Topliss-reactive ketones (excluding diaryl/α,β-unsaturated/α-hetero) is 1. The Hall–Kier alpha value is -0.370. The van der Waals surface area contributed by atoms with Gasteiger partial charge in [0.2, 0.25) is 0 Å². The molecule has 0 aromatic rings. The lowest BCUT2D eigenvalue weighted by Gasteiger charge is -2.53. The van der Waals surface area contributed by atoms with E-state index in [0.717, 1.165) is 32.3 Å². The van der Waals surface area contributed by atoms with E-state index in [9.17, 15) is 4.79 Å². The summed E-state index contributed by atoms with van der Waals surface area (Å²) in [7, 11) is 0. The van der Waals surface area contributed by atoms with Crippen molar-refractivity contribution in [3.05, 3.63) is 0 Å². The standard InChI is InChI=1S/C11H16O2/c12-9-8-4-3-7-13-10(8)11(9)5-1-2-6-11/h8,10H,1-7H2. The lowest BCUT2D eigenvalue weighted by molar-refractivity contribution is -0.190. The summed E-state index contributed by atoms with van der Waals surface area (Å²) in [4.78, 5) is 11.9. The molecular weight excluding hydrogens is 164 g/mol. The molecule has 0 aromatic carbocycles. The number of hydrogen-bond donors (Lipinski definition) is 0. The molecule has 13 heavy (non-hydrogen) atoms. The van der Waals surface area contributed by atoms with E-state index in [-0.39, 0.29) is 11.3 Å². The highest BCUT2D eigenvalue weighted by atomic mass is 16.5. The van der Waals surface area contributed by atoms with Crippen LogP contribution in [-0.4, -0.2) is 18.5 Å². The van der Waals surface area contributed by atoms with Crippen LogP contribution < -0.4 is 0 Å². The third kappa shape index (κ3) is 0.850. The summed E-state index contributed by atoms with van der Waals surface area (Å²) in [5.41, 5.74) is 0.00505. The van der Waals surface area contributed by atoms with E-state index in [1.807, 2.05) is 0 Å². The van der Waals surface area contributed by atoms with Gasteiger partial charge >= 0.3 is 0 Å². The fraction of sp³-hybridized carbons (Fsp3) is 0.909. The van der Waals surface area contributed by atoms with Crippen LogP contribution in [0.4, 0.5) is 0 Å². The molecule has 72 valence electrons. The molecular formula is C11H16O2. The molecule has 0 amide bonds. The predicted molar refractivity (Wildman–Crippen MR) is 48.4 cm³/mol. The third-order valence-electron chi connectivity index (χ3n) is 4.19. The van der Waals surface area contributed by atoms with Crippen LogP contribution in [0.25, 0.3) is 0 Å². The first-order valence-electron chi connectivity index (χ1n) is 5.50. The minimum atomic E-state index is 0.00505. The zero-order chi connectivity index (χ0) is 8.89. The van der Waals surface area contributed by atoms with Crippen LogP contribution in [0.3, 0.4) is 0 Å². The molecule has 3 rings (SSSR count). The molecule has 1 aliphatic heterocycles. The highest BCUT2D eigenvalue weighted by Gasteiger charge is 2.63. The van der Waals surface area contributed by atoms with Gasteiger partial charge in [0.15, 0.2) is 0 Å². The SMILES string of the molecule is O=C1C2CCCOC2C12CCCC2. The van der Waals surface area contributed by atoms with Crippen molar-refractivity contribution in [3.63, 3.8) is 0 Å². The molecule has 2 aliphatic carbocycles. The number of ether oxygens (including phenoxy) is 1. The molecule has 0 radical (unpaired) electrons. The maximum Gasteiger partial charge on any atom is 0.147 e. The Labute approximate surface area is 78.6 Å². The van der Waals surface area contributed by atoms with Crippen molar-refractivity contribution in [2.45, 2.75) is 44.6 Å². The average Bonchev–Trinajstić information content (AvgIpc) is 2.68. The Morgan fingerprint density at radius 1 is 1.23 bits per heavy atom. The summed E-state index contributed by atoms with van der Waals surface area (Å²) in [6, 6.07) is 0. The molecule has 1 spiro atoms. The smallest absolute Gasteiger partial charge is 0.147 e. The molecule has 2 nitrogen and oxygen atoms in total. The van der Waals surface area contributed by atoms with Crippen molar-refractivity contribution in [1.29, 1.82) is 0 Å². The lowest BCUT2D eigenvalue weighted by atomic mass is 9.55. The highest BCUT2D eigenvalue weighted by molar-refractivity contribution is 5.95. The molecule has 1 saturated heterocycles. The average molecular weight is 180 g/mol. The van der Waals surface area contributed by atoms with Crippen LogP contribution in [-0.2, 0) is 9.53 Å². The molecule has 0 bridgehead atoms. The normalized spacial score (nSPS) is 41.7. The van der Waals surface area contributed by atoms with E-state index < -0.39 is 0 Å². The number of hydrogen-bond acceptors (Lipinski definition) is 2. The van der Waals surface area contributed by atoms with Crippen LogP contribution in [0, 0.1) is 11.3 Å². The van der Waals surface area contributed by atoms with Gasteiger partial charge in [-0.2, -0.15) is 0 Å². The Morgan fingerprint density at radius 3 is 2.77 bits per heavy atom. The van der Waals surface area contributed by atoms with Crippen molar-refractivity contribution in [2.24, 2.45) is 11.3 Å². The number of ketones is 1. The van der Waals surface area contributed by atoms with Gasteiger partial charge in [-0.05, 0) is 25.7 Å². The van der Waals surface area contributed by atoms with Crippen molar-refractivity contribution < 1.29 is 9.53 Å². The van der Waals surface area contributed by atoms with E-state index in [1.165, 1.54) is 12.8 Å². The third-order valence-corrected chi connectivity index (χ3v) is 4.19. The Morgan fingerprint density at radius 2 is 2.00 bits per heavy atom. The van der Waals surface area contributed by atoms with Gasteiger partial charge in [0.05, 0.1) is 11.5 Å². The maximum absolute atomic E-state index is 11.9. The molecule has 3 aliphatic rings. The first-order chi connectivity index (χ1) is 6.34. The minimum absolute atomic E-state index is 0.00505. The molecule has 2 unspecified atom stereocenters. The number of carbonyl (C=O) groups is 1. The number of fused-ring (bicyclic) bond motifs is 2. The second-order valence-electron chi connectivity index (χ2n) is 4.77. The van der Waals surface area contributed by atoms with Crippen LogP contribution in [0.1, 0.15) is 38.5 Å². The Bertz CT molecular complexity index is 240. The number of carbonyl (C=O) groups excluding carboxylic acids is 1. The fourth-order valence-electron chi connectivity index (χ4n) is 3.54. The molecule has 2 saturated carbocycles. The molecule has 0 aromatic heterocycles. The van der Waals surface area contributed by atoms with Gasteiger partial charge in [0.1, 0.15) is 5.78 Å². The van der Waals surface area contributed by atoms with Crippen molar-refractivity contribution >= 4 is 5.78 Å². The summed E-state index contributed by atoms with van der Waals surface area (Å²) in [5.74, 6) is 0.821. The molecule has 2 atom stereocenters. The van der Waals surface area contributed by atoms with E-state index >= 15 is 0 Å². The second kappa shape index (κ2) is 2.57. The van der Waals surface area contributed by atoms with Crippen LogP contribution in [0.5, 0.6) is 0 Å². The lowest BCUT2D eigenvalue weighted by Crippen LogP contribution is -2.63. The van der Waals surface area contributed by atoms with E-state index in [1.54, 1.807) is 0 Å². The fourth-order valence-corrected chi connectivity index (χ4v) is 3.54. The molecule has 3 fully saturated rings. The quantitative estimate of drug-likeness (QED) is 0.569. The van der Waals surface area contributed by atoms with Crippen molar-refractivity contribution in [3.8, 4) is 0 Å². The zero-order valence-electron chi connectivity index (χ0n) is 7.92. The second-order valence-corrected chi connectivity index (χ2v) is 4.77. The van der Waals surface area contributed by atoms with Gasteiger partial charge in [-0.1, -0.05) is 12.8 Å². The highest BCUT2D eigenvalue weighted by Crippen LogP contribution is 2.57. The van der Waals surface area contributed by atoms with E-state index in [2.05, 4.69) is 0 Å². The molecule has 1 heterocycles. The first-order valence-corrected chi connectivity index (χ1v) is 5.50. The first kappa shape index (κ1) is 7.98. The van der Waals surface area contributed by atoms with Gasteiger partial charge in [-0.15, -0.1) is 0 Å². The summed E-state index contributed by atoms with van der Waals surface area (Å²) >= 11 is 0. The van der Waals surface area contributed by atoms with Gasteiger partial charge in [0, 0.05) is 12.5 Å². The van der Waals surface area contributed by atoms with Crippen molar-refractivity contribution in [2.75, 3.05) is 6.61 Å². The van der Waals surface area contributed by atoms with Crippen LogP contribution >= 0.6 is 0 Å². The van der Waals surface area contributed by atoms with Crippen LogP contribution in [0.15, 0.2) is 0 Å². The predicted octanol–water partition coefficient (Wildman–Crippen LogP) is 1.92. The van der Waals surface area contributed by atoms with Crippen molar-refractivity contribution in [1.82, 2.24) is 0 Å². The summed E-state index contributed by atoms with van der Waals surface area (Å²) in [6.45, 7) is 0.885. The largest absolute Gasteiger partial charge is 0.376 e. The van der Waals surface area contributed by atoms with E-state index in [4.69, 9.17) is 4.74 Å². The van der Waals surface area contributed by atoms with Gasteiger partial charge in [-0.25, -0.2) is 0 Å². The molecule has 2 heteroatoms. The number of rotatable bonds is 0. The molecule has 0 N–H and O–H groups in total. The van der Waals surface area contributed by atoms with Gasteiger partial charge < -0.3 is 4.74 Å². The summed E-state index contributed by atoms with van der Waals surface area (Å²) in [6.07, 6.45) is 7.17. The maximum atomic E-state index is 11.9. The van der Waals surface area contributed by atoms with Gasteiger partial charge in [-0.3, -0.25) is 4.79 Å². The monoisotopic (exact) mass is 180 g/mol. The van der Waals surface area contributed by atoms with Crippen LogP contribution in [0.2, 0.25) is 0 Å². The van der Waals surface area contributed by atoms with E-state index in [0.29, 0.717) is 11.9 Å². The zero-order valence-corrected chi connectivity index (χ0v) is 7.92. The summed E-state index contributed by atoms with van der Waals surface area (Å²) in [5, 5.41) is 0. The summed E-state index contributed by atoms with van der Waals surface area (Å²) < 4.78 is 5.76. The Kier molecular flexibility index (Phi) is 1.58. The Balaban J connectivity index is 1.86. The van der Waals surface area contributed by atoms with Gasteiger partial charge in [0.25, 0.3) is 0 Å².